The highest BCUT2D eigenvalue weighted by atomic mass is 15.1. The van der Waals surface area contributed by atoms with Crippen molar-refractivity contribution in [1.82, 2.24) is 4.57 Å². The number of fused-ring (bicyclic) bond motifs is 4. The zero-order valence-electron chi connectivity index (χ0n) is 33.0. The maximum absolute atomic E-state index is 2.48. The first-order chi connectivity index (χ1) is 29.8. The fourth-order valence-electron chi connectivity index (χ4n) is 8.88. The lowest BCUT2D eigenvalue weighted by molar-refractivity contribution is 1.18. The van der Waals surface area contributed by atoms with Crippen LogP contribution < -0.4 is 4.90 Å². The van der Waals surface area contributed by atoms with Gasteiger partial charge >= 0.3 is 0 Å². The van der Waals surface area contributed by atoms with Gasteiger partial charge < -0.3 is 9.47 Å². The molecule has 0 fully saturated rings. The normalized spacial score (nSPS) is 11.3. The molecule has 2 heteroatoms. The Morgan fingerprint density at radius 2 is 0.833 bits per heavy atom. The van der Waals surface area contributed by atoms with E-state index in [2.05, 4.69) is 252 Å². The van der Waals surface area contributed by atoms with Gasteiger partial charge in [0.2, 0.25) is 0 Å². The molecule has 11 aromatic rings. The van der Waals surface area contributed by atoms with Crippen LogP contribution in [0.25, 0.3) is 82.8 Å². The molecule has 11 rings (SSSR count). The number of hydrogen-bond acceptors (Lipinski definition) is 1. The van der Waals surface area contributed by atoms with Crippen LogP contribution in [0, 0.1) is 0 Å². The van der Waals surface area contributed by atoms with Crippen molar-refractivity contribution in [1.29, 1.82) is 0 Å². The Kier molecular flexibility index (Phi) is 8.87. The Bertz CT molecular complexity index is 3290. The fourth-order valence-corrected chi connectivity index (χ4v) is 8.88. The fraction of sp³-hybridized carbons (Fsp3) is 0. The molecule has 0 amide bonds. The van der Waals surface area contributed by atoms with Crippen molar-refractivity contribution in [2.75, 3.05) is 4.90 Å². The largest absolute Gasteiger partial charge is 0.309 e. The van der Waals surface area contributed by atoms with Crippen molar-refractivity contribution in [2.45, 2.75) is 0 Å². The van der Waals surface area contributed by atoms with E-state index in [0.717, 1.165) is 50.5 Å². The van der Waals surface area contributed by atoms with Gasteiger partial charge in [-0.05, 0) is 98.8 Å². The number of aromatic nitrogens is 1. The van der Waals surface area contributed by atoms with Crippen molar-refractivity contribution < 1.29 is 0 Å². The van der Waals surface area contributed by atoms with Gasteiger partial charge in [0.15, 0.2) is 0 Å². The number of hydrogen-bond donors (Lipinski definition) is 0. The number of nitrogens with zero attached hydrogens (tertiary/aromatic N) is 2. The third-order valence-electron chi connectivity index (χ3n) is 11.8. The summed E-state index contributed by atoms with van der Waals surface area (Å²) in [5.41, 5.74) is 16.1. The van der Waals surface area contributed by atoms with Crippen molar-refractivity contribution in [3.05, 3.63) is 243 Å². The molecule has 0 aliphatic carbocycles. The van der Waals surface area contributed by atoms with Gasteiger partial charge in [-0.1, -0.05) is 188 Å². The van der Waals surface area contributed by atoms with Crippen LogP contribution in [0.15, 0.2) is 243 Å². The smallest absolute Gasteiger partial charge is 0.0561 e. The first kappa shape index (κ1) is 35.2. The molecule has 10 aromatic carbocycles. The number of para-hydroxylation sites is 3. The SMILES string of the molecule is c1ccc(-c2ccc(-c3ccccc3N(c3ccc4c5ccccc5n(-c5ccccc5)c4c3)c3ccc(-c4ccccc4)cc3-c3ccc4ccccc4c3)cc2)cc1. The molecule has 2 nitrogen and oxygen atoms in total. The quantitative estimate of drug-likeness (QED) is 0.150. The molecular formula is C58H40N2. The zero-order valence-corrected chi connectivity index (χ0v) is 33.0. The van der Waals surface area contributed by atoms with Crippen LogP contribution in [0.4, 0.5) is 17.1 Å². The maximum atomic E-state index is 2.48. The molecule has 1 heterocycles. The van der Waals surface area contributed by atoms with E-state index < -0.39 is 0 Å². The van der Waals surface area contributed by atoms with Crippen molar-refractivity contribution in [3.63, 3.8) is 0 Å². The van der Waals surface area contributed by atoms with E-state index in [-0.39, 0.29) is 0 Å². The first-order valence-corrected chi connectivity index (χ1v) is 20.6. The van der Waals surface area contributed by atoms with Crippen molar-refractivity contribution >= 4 is 49.6 Å². The highest BCUT2D eigenvalue weighted by Gasteiger charge is 2.23. The minimum Gasteiger partial charge on any atom is -0.309 e. The van der Waals surface area contributed by atoms with E-state index in [1.165, 1.54) is 49.3 Å². The molecule has 0 aliphatic heterocycles. The van der Waals surface area contributed by atoms with Crippen LogP contribution in [-0.4, -0.2) is 4.57 Å². The molecule has 0 aliphatic rings. The summed E-state index contributed by atoms with van der Waals surface area (Å²) in [4.78, 5) is 2.48. The van der Waals surface area contributed by atoms with Crippen molar-refractivity contribution in [2.24, 2.45) is 0 Å². The standard InChI is InChI=1S/C58H40N2/c1-4-16-41(17-5-1)44-28-31-45(32-29-44)51-24-12-14-26-55(51)60(50-35-36-53-52-25-13-15-27-56(52)59(58(53)40-50)49-22-8-3-9-23-49)57-37-34-47(42-18-6-2-7-19-42)39-54(57)48-33-30-43-20-10-11-21-46(43)38-48/h1-40H. The number of rotatable bonds is 8. The molecule has 1 aromatic heterocycles. The van der Waals surface area contributed by atoms with E-state index in [4.69, 9.17) is 0 Å². The number of benzene rings is 10. The second-order valence-corrected chi connectivity index (χ2v) is 15.3. The summed E-state index contributed by atoms with van der Waals surface area (Å²) < 4.78 is 2.41. The average Bonchev–Trinajstić information content (AvgIpc) is 3.66. The van der Waals surface area contributed by atoms with Crippen LogP contribution in [0.2, 0.25) is 0 Å². The molecule has 0 atom stereocenters. The Morgan fingerprint density at radius 1 is 0.283 bits per heavy atom. The zero-order chi connectivity index (χ0) is 39.8. The molecule has 60 heavy (non-hydrogen) atoms. The molecular weight excluding hydrogens is 725 g/mol. The molecule has 282 valence electrons. The molecule has 0 spiro atoms. The lowest BCUT2D eigenvalue weighted by atomic mass is 9.93. The van der Waals surface area contributed by atoms with E-state index in [1.54, 1.807) is 0 Å². The van der Waals surface area contributed by atoms with Crippen LogP contribution in [0.5, 0.6) is 0 Å². The summed E-state index contributed by atoms with van der Waals surface area (Å²) in [5.74, 6) is 0. The Morgan fingerprint density at radius 3 is 1.62 bits per heavy atom. The van der Waals surface area contributed by atoms with Crippen LogP contribution in [-0.2, 0) is 0 Å². The molecule has 0 N–H and O–H groups in total. The molecule has 0 saturated heterocycles. The topological polar surface area (TPSA) is 8.17 Å². The summed E-state index contributed by atoms with van der Waals surface area (Å²) in [6.45, 7) is 0. The van der Waals surface area contributed by atoms with Crippen LogP contribution in [0.3, 0.4) is 0 Å². The molecule has 0 bridgehead atoms. The van der Waals surface area contributed by atoms with E-state index in [9.17, 15) is 0 Å². The average molecular weight is 765 g/mol. The van der Waals surface area contributed by atoms with Gasteiger partial charge in [-0.2, -0.15) is 0 Å². The Balaban J connectivity index is 1.18. The predicted octanol–water partition coefficient (Wildman–Crippen LogP) is 16.1. The van der Waals surface area contributed by atoms with Gasteiger partial charge in [0.05, 0.1) is 22.4 Å². The Hall–Kier alpha value is -7.94. The molecule has 0 unspecified atom stereocenters. The number of anilines is 3. The van der Waals surface area contributed by atoms with Gasteiger partial charge in [-0.25, -0.2) is 0 Å². The lowest BCUT2D eigenvalue weighted by Gasteiger charge is -2.30. The van der Waals surface area contributed by atoms with Gasteiger partial charge in [0, 0.05) is 33.3 Å². The van der Waals surface area contributed by atoms with E-state index in [1.807, 2.05) is 0 Å². The minimum absolute atomic E-state index is 1.07. The highest BCUT2D eigenvalue weighted by molar-refractivity contribution is 6.11. The summed E-state index contributed by atoms with van der Waals surface area (Å²) in [5, 5.41) is 4.89. The van der Waals surface area contributed by atoms with Crippen LogP contribution in [0.1, 0.15) is 0 Å². The summed E-state index contributed by atoms with van der Waals surface area (Å²) in [6.07, 6.45) is 0. The summed E-state index contributed by atoms with van der Waals surface area (Å²) >= 11 is 0. The van der Waals surface area contributed by atoms with Gasteiger partial charge in [0.25, 0.3) is 0 Å². The van der Waals surface area contributed by atoms with Gasteiger partial charge in [0.1, 0.15) is 0 Å². The molecule has 0 radical (unpaired) electrons. The van der Waals surface area contributed by atoms with E-state index in [0.29, 0.717) is 0 Å². The third-order valence-corrected chi connectivity index (χ3v) is 11.8. The summed E-state index contributed by atoms with van der Waals surface area (Å²) in [7, 11) is 0. The van der Waals surface area contributed by atoms with Crippen molar-refractivity contribution in [3.8, 4) is 50.2 Å². The third kappa shape index (κ3) is 6.32. The molecule has 0 saturated carbocycles. The van der Waals surface area contributed by atoms with Crippen LogP contribution >= 0.6 is 0 Å². The predicted molar refractivity (Wildman–Crippen MR) is 255 cm³/mol. The van der Waals surface area contributed by atoms with Gasteiger partial charge in [-0.3, -0.25) is 0 Å². The second kappa shape index (κ2) is 15.1. The monoisotopic (exact) mass is 764 g/mol. The van der Waals surface area contributed by atoms with E-state index >= 15 is 0 Å². The lowest BCUT2D eigenvalue weighted by Crippen LogP contribution is -2.13. The maximum Gasteiger partial charge on any atom is 0.0561 e. The first-order valence-electron chi connectivity index (χ1n) is 20.6. The highest BCUT2D eigenvalue weighted by Crippen LogP contribution is 2.47. The Labute approximate surface area is 350 Å². The minimum atomic E-state index is 1.07. The summed E-state index contributed by atoms with van der Waals surface area (Å²) in [6, 6.07) is 88.1. The second-order valence-electron chi connectivity index (χ2n) is 15.3. The van der Waals surface area contributed by atoms with Gasteiger partial charge in [-0.15, -0.1) is 0 Å².